The van der Waals surface area contributed by atoms with Gasteiger partial charge in [-0.25, -0.2) is 0 Å². The van der Waals surface area contributed by atoms with E-state index in [9.17, 15) is 14.7 Å². The van der Waals surface area contributed by atoms with Crippen LogP contribution in [0.2, 0.25) is 0 Å². The summed E-state index contributed by atoms with van der Waals surface area (Å²) in [7, 11) is 0. The van der Waals surface area contributed by atoms with Crippen LogP contribution in [0.25, 0.3) is 0 Å². The maximum absolute atomic E-state index is 12.1. The van der Waals surface area contributed by atoms with E-state index < -0.39 is 11.4 Å². The summed E-state index contributed by atoms with van der Waals surface area (Å²) in [6.45, 7) is 5.13. The van der Waals surface area contributed by atoms with Gasteiger partial charge in [0.25, 0.3) is 0 Å². The number of hydrogen-bond donors (Lipinski definition) is 1. The number of rotatable bonds is 7. The Balaban J connectivity index is 2.49. The second-order valence-electron chi connectivity index (χ2n) is 5.26. The molecule has 1 atom stereocenters. The van der Waals surface area contributed by atoms with Crippen LogP contribution in [0, 0.1) is 5.41 Å². The van der Waals surface area contributed by atoms with Crippen LogP contribution < -0.4 is 0 Å². The number of hydrogen-bond acceptors (Lipinski definition) is 3. The molecule has 1 saturated heterocycles. The van der Waals surface area contributed by atoms with E-state index in [0.29, 0.717) is 31.7 Å². The summed E-state index contributed by atoms with van der Waals surface area (Å²) in [5.41, 5.74) is -0.720. The molecule has 1 rings (SSSR count). The minimum absolute atomic E-state index is 0.0971. The van der Waals surface area contributed by atoms with Gasteiger partial charge in [-0.1, -0.05) is 20.3 Å². The molecule has 4 nitrogen and oxygen atoms in total. The van der Waals surface area contributed by atoms with Gasteiger partial charge in [0.1, 0.15) is 0 Å². The predicted octanol–water partition coefficient (Wildman–Crippen LogP) is 2.62. The zero-order chi connectivity index (χ0) is 14.3. The highest BCUT2D eigenvalue weighted by Gasteiger charge is 2.41. The Morgan fingerprint density at radius 2 is 2.11 bits per heavy atom. The summed E-state index contributed by atoms with van der Waals surface area (Å²) >= 11 is 1.66. The van der Waals surface area contributed by atoms with Crippen molar-refractivity contribution in [1.82, 2.24) is 4.90 Å². The second-order valence-corrected chi connectivity index (χ2v) is 6.37. The maximum Gasteiger partial charge on any atom is 0.311 e. The Morgan fingerprint density at radius 1 is 1.37 bits per heavy atom. The van der Waals surface area contributed by atoms with Crippen LogP contribution in [0.15, 0.2) is 0 Å². The van der Waals surface area contributed by atoms with Crippen LogP contribution in [0.5, 0.6) is 0 Å². The van der Waals surface area contributed by atoms with Crippen molar-refractivity contribution in [2.75, 3.05) is 24.6 Å². The maximum atomic E-state index is 12.1. The van der Waals surface area contributed by atoms with Crippen molar-refractivity contribution < 1.29 is 14.7 Å². The molecule has 0 aliphatic carbocycles. The standard InChI is InChI=1S/C14H25NO3S/c1-3-5-9-19-10-12(16)15-8-6-7-14(4-2,11-15)13(17)18/h3-11H2,1-2H3,(H,17,18). The van der Waals surface area contributed by atoms with Crippen molar-refractivity contribution in [2.24, 2.45) is 5.41 Å². The second kappa shape index (κ2) is 7.78. The third-order valence-electron chi connectivity index (χ3n) is 3.93. The smallest absolute Gasteiger partial charge is 0.311 e. The summed E-state index contributed by atoms with van der Waals surface area (Å²) < 4.78 is 0. The van der Waals surface area contributed by atoms with E-state index in [1.165, 1.54) is 0 Å². The van der Waals surface area contributed by atoms with Crippen LogP contribution in [-0.4, -0.2) is 46.5 Å². The van der Waals surface area contributed by atoms with Gasteiger partial charge in [-0.15, -0.1) is 0 Å². The molecule has 0 aromatic rings. The normalized spacial score (nSPS) is 23.4. The fraction of sp³-hybridized carbons (Fsp3) is 0.857. The van der Waals surface area contributed by atoms with E-state index >= 15 is 0 Å². The molecule has 0 saturated carbocycles. The molecule has 110 valence electrons. The van der Waals surface area contributed by atoms with Crippen LogP contribution in [0.4, 0.5) is 0 Å². The Hall–Kier alpha value is -0.710. The molecule has 0 radical (unpaired) electrons. The summed E-state index contributed by atoms with van der Waals surface area (Å²) in [4.78, 5) is 25.3. The van der Waals surface area contributed by atoms with Gasteiger partial charge >= 0.3 is 5.97 Å². The number of aliphatic carboxylic acids is 1. The van der Waals surface area contributed by atoms with E-state index in [2.05, 4.69) is 6.92 Å². The number of piperidine rings is 1. The van der Waals surface area contributed by atoms with Crippen molar-refractivity contribution in [2.45, 2.75) is 46.0 Å². The Bertz CT molecular complexity index is 322. The lowest BCUT2D eigenvalue weighted by molar-refractivity contribution is -0.154. The first-order valence-corrected chi connectivity index (χ1v) is 8.30. The van der Waals surface area contributed by atoms with Crippen LogP contribution in [-0.2, 0) is 9.59 Å². The van der Waals surface area contributed by atoms with Gasteiger partial charge in [0.2, 0.25) is 5.91 Å². The van der Waals surface area contributed by atoms with Crippen molar-refractivity contribution in [3.05, 3.63) is 0 Å². The molecule has 1 fully saturated rings. The average molecular weight is 287 g/mol. The molecule has 1 unspecified atom stereocenters. The van der Waals surface area contributed by atoms with Crippen molar-refractivity contribution in [1.29, 1.82) is 0 Å². The number of carboxylic acid groups (broad SMARTS) is 1. The topological polar surface area (TPSA) is 57.6 Å². The Labute approximate surface area is 119 Å². The molecule has 1 N–H and O–H groups in total. The lowest BCUT2D eigenvalue weighted by Crippen LogP contribution is -2.50. The first-order chi connectivity index (χ1) is 9.05. The highest BCUT2D eigenvalue weighted by molar-refractivity contribution is 7.99. The molecule has 1 aliphatic rings. The molecule has 0 aromatic heterocycles. The molecular weight excluding hydrogens is 262 g/mol. The van der Waals surface area contributed by atoms with E-state index in [4.69, 9.17) is 0 Å². The van der Waals surface area contributed by atoms with Crippen LogP contribution in [0.1, 0.15) is 46.0 Å². The Morgan fingerprint density at radius 3 is 2.68 bits per heavy atom. The van der Waals surface area contributed by atoms with Gasteiger partial charge in [0, 0.05) is 13.1 Å². The minimum atomic E-state index is -0.758. The number of thioether (sulfide) groups is 1. The van der Waals surface area contributed by atoms with Gasteiger partial charge in [-0.05, 0) is 31.4 Å². The lowest BCUT2D eigenvalue weighted by Gasteiger charge is -2.39. The van der Waals surface area contributed by atoms with Gasteiger partial charge in [-0.2, -0.15) is 11.8 Å². The molecular formula is C14H25NO3S. The molecule has 0 bridgehead atoms. The number of nitrogens with zero attached hydrogens (tertiary/aromatic N) is 1. The van der Waals surface area contributed by atoms with E-state index in [0.717, 1.165) is 25.0 Å². The fourth-order valence-electron chi connectivity index (χ4n) is 2.46. The number of carbonyl (C=O) groups is 2. The van der Waals surface area contributed by atoms with E-state index in [1.54, 1.807) is 16.7 Å². The third-order valence-corrected chi connectivity index (χ3v) is 4.96. The number of unbranched alkanes of at least 4 members (excludes halogenated alkanes) is 1. The molecule has 1 amide bonds. The predicted molar refractivity (Wildman–Crippen MR) is 78.4 cm³/mol. The van der Waals surface area contributed by atoms with Gasteiger partial charge in [0.15, 0.2) is 0 Å². The number of carboxylic acids is 1. The summed E-state index contributed by atoms with van der Waals surface area (Å²) in [5, 5.41) is 9.39. The SMILES string of the molecule is CCCCSCC(=O)N1CCCC(CC)(C(=O)O)C1. The minimum Gasteiger partial charge on any atom is -0.481 e. The first-order valence-electron chi connectivity index (χ1n) is 7.14. The van der Waals surface area contributed by atoms with Gasteiger partial charge in [0.05, 0.1) is 11.2 Å². The summed E-state index contributed by atoms with van der Waals surface area (Å²) in [6.07, 6.45) is 4.35. The molecule has 0 aromatic carbocycles. The molecule has 1 aliphatic heterocycles. The number of carbonyl (C=O) groups excluding carboxylic acids is 1. The van der Waals surface area contributed by atoms with Crippen LogP contribution >= 0.6 is 11.8 Å². The number of likely N-dealkylation sites (tertiary alicyclic amines) is 1. The molecule has 0 spiro atoms. The average Bonchev–Trinajstić information content (AvgIpc) is 2.43. The largest absolute Gasteiger partial charge is 0.481 e. The van der Waals surface area contributed by atoms with Gasteiger partial charge < -0.3 is 10.0 Å². The highest BCUT2D eigenvalue weighted by Crippen LogP contribution is 2.33. The molecule has 1 heterocycles. The lowest BCUT2D eigenvalue weighted by atomic mass is 9.77. The highest BCUT2D eigenvalue weighted by atomic mass is 32.2. The monoisotopic (exact) mass is 287 g/mol. The zero-order valence-electron chi connectivity index (χ0n) is 12.0. The van der Waals surface area contributed by atoms with E-state index in [-0.39, 0.29) is 5.91 Å². The van der Waals surface area contributed by atoms with Crippen molar-refractivity contribution in [3.8, 4) is 0 Å². The van der Waals surface area contributed by atoms with Crippen LogP contribution in [0.3, 0.4) is 0 Å². The third kappa shape index (κ3) is 4.41. The first kappa shape index (κ1) is 16.3. The van der Waals surface area contributed by atoms with Crippen molar-refractivity contribution >= 4 is 23.6 Å². The quantitative estimate of drug-likeness (QED) is 0.731. The van der Waals surface area contributed by atoms with Crippen molar-refractivity contribution in [3.63, 3.8) is 0 Å². The molecule has 5 heteroatoms. The fourth-order valence-corrected chi connectivity index (χ4v) is 3.45. The zero-order valence-corrected chi connectivity index (χ0v) is 12.8. The molecule has 19 heavy (non-hydrogen) atoms. The summed E-state index contributed by atoms with van der Waals surface area (Å²) in [6, 6.07) is 0. The summed E-state index contributed by atoms with van der Waals surface area (Å²) in [5.74, 6) is 0.832. The number of amides is 1. The Kier molecular flexibility index (Phi) is 6.69. The van der Waals surface area contributed by atoms with E-state index in [1.807, 2.05) is 6.92 Å². The van der Waals surface area contributed by atoms with Gasteiger partial charge in [-0.3, -0.25) is 9.59 Å².